The van der Waals surface area contributed by atoms with E-state index in [4.69, 9.17) is 0 Å². The van der Waals surface area contributed by atoms with E-state index in [1.165, 1.54) is 10.6 Å². The molecule has 0 unspecified atom stereocenters. The number of nitrogens with zero attached hydrogens (tertiary/aromatic N) is 3. The van der Waals surface area contributed by atoms with Gasteiger partial charge < -0.3 is 15.1 Å². The minimum absolute atomic E-state index is 0.121. The Morgan fingerprint density at radius 2 is 1.61 bits per heavy atom. The molecule has 31 heavy (non-hydrogen) atoms. The molecule has 3 rings (SSSR count). The largest absolute Gasteiger partial charge is 0.369 e. The molecule has 0 atom stereocenters. The Morgan fingerprint density at radius 3 is 2.19 bits per heavy atom. The molecule has 1 amide bonds. The molecule has 0 aromatic heterocycles. The molecule has 168 valence electrons. The summed E-state index contributed by atoms with van der Waals surface area (Å²) < 4.78 is 25.7. The van der Waals surface area contributed by atoms with Crippen LogP contribution in [-0.2, 0) is 14.8 Å². The van der Waals surface area contributed by atoms with Gasteiger partial charge in [0.05, 0.1) is 11.9 Å². The van der Waals surface area contributed by atoms with E-state index >= 15 is 0 Å². The fourth-order valence-corrected chi connectivity index (χ4v) is 4.59. The molecular weight excluding hydrogens is 412 g/mol. The summed E-state index contributed by atoms with van der Waals surface area (Å²) in [5.74, 6) is -0.121. The highest BCUT2D eigenvalue weighted by Crippen LogP contribution is 2.21. The summed E-state index contributed by atoms with van der Waals surface area (Å²) in [6.07, 6.45) is 1.87. The summed E-state index contributed by atoms with van der Waals surface area (Å²) in [6.45, 7) is 6.31. The first kappa shape index (κ1) is 23.1. The lowest BCUT2D eigenvalue weighted by Gasteiger charge is -2.34. The summed E-state index contributed by atoms with van der Waals surface area (Å²) in [5.41, 5.74) is 3.59. The molecular formula is C23H32N4O3S. The second-order valence-electron chi connectivity index (χ2n) is 8.16. The van der Waals surface area contributed by atoms with E-state index in [2.05, 4.69) is 22.2 Å². The molecule has 1 N–H and O–H groups in total. The number of likely N-dealkylation sites (N-methyl/N-ethyl adjacent to an activating group) is 1. The van der Waals surface area contributed by atoms with E-state index in [0.717, 1.165) is 43.1 Å². The molecule has 1 aliphatic rings. The third-order valence-electron chi connectivity index (χ3n) is 5.51. The number of aryl methyl sites for hydroxylation is 1. The van der Waals surface area contributed by atoms with Crippen molar-refractivity contribution in [3.63, 3.8) is 0 Å². The highest BCUT2D eigenvalue weighted by atomic mass is 32.2. The van der Waals surface area contributed by atoms with E-state index in [9.17, 15) is 13.2 Å². The normalized spacial score (nSPS) is 15.0. The molecule has 0 saturated carbocycles. The number of hydrogen-bond acceptors (Lipinski definition) is 5. The lowest BCUT2D eigenvalue weighted by Crippen LogP contribution is -2.44. The topological polar surface area (TPSA) is 73.0 Å². The first-order chi connectivity index (χ1) is 14.7. The van der Waals surface area contributed by atoms with Gasteiger partial charge in [-0.1, -0.05) is 17.7 Å². The van der Waals surface area contributed by atoms with Gasteiger partial charge in [-0.25, -0.2) is 8.42 Å². The van der Waals surface area contributed by atoms with Crippen LogP contribution in [0.25, 0.3) is 0 Å². The van der Waals surface area contributed by atoms with E-state index in [0.29, 0.717) is 12.1 Å². The van der Waals surface area contributed by atoms with Crippen LogP contribution in [0.15, 0.2) is 48.5 Å². The lowest BCUT2D eigenvalue weighted by atomic mass is 10.2. The van der Waals surface area contributed by atoms with Gasteiger partial charge in [-0.05, 0) is 56.8 Å². The molecule has 1 heterocycles. The number of amides is 1. The second-order valence-corrected chi connectivity index (χ2v) is 10.1. The van der Waals surface area contributed by atoms with Crippen LogP contribution in [0.3, 0.4) is 0 Å². The number of carbonyl (C=O) groups excluding carboxylic acids is 1. The Morgan fingerprint density at radius 1 is 1.00 bits per heavy atom. The molecule has 0 aliphatic carbocycles. The monoisotopic (exact) mass is 444 g/mol. The zero-order chi connectivity index (χ0) is 22.4. The molecule has 0 radical (unpaired) electrons. The van der Waals surface area contributed by atoms with Crippen molar-refractivity contribution in [3.8, 4) is 0 Å². The van der Waals surface area contributed by atoms with Gasteiger partial charge in [-0.3, -0.25) is 9.10 Å². The van der Waals surface area contributed by atoms with Gasteiger partial charge >= 0.3 is 0 Å². The maximum atomic E-state index is 12.4. The van der Waals surface area contributed by atoms with Crippen LogP contribution in [0.5, 0.6) is 0 Å². The van der Waals surface area contributed by atoms with Crippen LogP contribution in [0, 0.1) is 6.92 Å². The first-order valence-corrected chi connectivity index (χ1v) is 12.4. The predicted molar refractivity (Wildman–Crippen MR) is 127 cm³/mol. The van der Waals surface area contributed by atoms with E-state index < -0.39 is 10.0 Å². The van der Waals surface area contributed by atoms with E-state index in [-0.39, 0.29) is 18.9 Å². The number of piperazine rings is 1. The fourth-order valence-electron chi connectivity index (χ4n) is 3.62. The molecule has 1 fully saturated rings. The minimum Gasteiger partial charge on any atom is -0.369 e. The average Bonchev–Trinajstić information content (AvgIpc) is 2.72. The molecule has 2 aromatic carbocycles. The predicted octanol–water partition coefficient (Wildman–Crippen LogP) is 2.93. The van der Waals surface area contributed by atoms with Crippen LogP contribution >= 0.6 is 0 Å². The second kappa shape index (κ2) is 10.2. The third kappa shape index (κ3) is 6.70. The van der Waals surface area contributed by atoms with Crippen LogP contribution in [-0.4, -0.2) is 65.3 Å². The first-order valence-electron chi connectivity index (χ1n) is 10.6. The van der Waals surface area contributed by atoms with Crippen molar-refractivity contribution < 1.29 is 13.2 Å². The number of hydrogen-bond donors (Lipinski definition) is 1. The highest BCUT2D eigenvalue weighted by Gasteiger charge is 2.18. The quantitative estimate of drug-likeness (QED) is 0.678. The smallest absolute Gasteiger partial charge is 0.232 e. The maximum Gasteiger partial charge on any atom is 0.232 e. The summed E-state index contributed by atoms with van der Waals surface area (Å²) in [4.78, 5) is 17.0. The molecule has 2 aromatic rings. The SMILES string of the molecule is Cc1ccc(N(CCCC(=O)Nc2ccc(N3CCN(C)CC3)cc2)S(C)(=O)=O)cc1. The van der Waals surface area contributed by atoms with Gasteiger partial charge in [-0.15, -0.1) is 0 Å². The zero-order valence-electron chi connectivity index (χ0n) is 18.5. The molecule has 0 spiro atoms. The molecule has 1 saturated heterocycles. The van der Waals surface area contributed by atoms with Crippen molar-refractivity contribution in [2.75, 3.05) is 60.5 Å². The number of carbonyl (C=O) groups is 1. The summed E-state index contributed by atoms with van der Waals surface area (Å²) in [6, 6.07) is 15.2. The minimum atomic E-state index is -3.41. The highest BCUT2D eigenvalue weighted by molar-refractivity contribution is 7.92. The van der Waals surface area contributed by atoms with Crippen molar-refractivity contribution in [2.24, 2.45) is 0 Å². The van der Waals surface area contributed by atoms with Crippen LogP contribution in [0.2, 0.25) is 0 Å². The van der Waals surface area contributed by atoms with Gasteiger partial charge in [-0.2, -0.15) is 0 Å². The number of rotatable bonds is 8. The van der Waals surface area contributed by atoms with Gasteiger partial charge in [0.25, 0.3) is 0 Å². The summed E-state index contributed by atoms with van der Waals surface area (Å²) in [7, 11) is -1.28. The standard InChI is InChI=1S/C23H32N4O3S/c1-19-6-10-22(11-7-19)27(31(3,29)30)14-4-5-23(28)24-20-8-12-21(13-9-20)26-17-15-25(2)16-18-26/h6-13H,4-5,14-18H2,1-3H3,(H,24,28). The Labute approximate surface area is 185 Å². The maximum absolute atomic E-state index is 12.4. The Bertz CT molecular complexity index is 967. The summed E-state index contributed by atoms with van der Waals surface area (Å²) >= 11 is 0. The van der Waals surface area contributed by atoms with Gasteiger partial charge in [0.1, 0.15) is 0 Å². The third-order valence-corrected chi connectivity index (χ3v) is 6.70. The van der Waals surface area contributed by atoms with Gasteiger partial charge in [0.15, 0.2) is 0 Å². The zero-order valence-corrected chi connectivity index (χ0v) is 19.4. The number of benzene rings is 2. The molecule has 0 bridgehead atoms. The van der Waals surface area contributed by atoms with Crippen LogP contribution in [0.1, 0.15) is 18.4 Å². The average molecular weight is 445 g/mol. The number of nitrogens with one attached hydrogen (secondary N) is 1. The Kier molecular flexibility index (Phi) is 7.56. The number of anilines is 3. The molecule has 8 heteroatoms. The van der Waals surface area contributed by atoms with Crippen molar-refractivity contribution in [1.82, 2.24) is 4.90 Å². The fraction of sp³-hybridized carbons (Fsp3) is 0.435. The van der Waals surface area contributed by atoms with E-state index in [1.54, 1.807) is 12.1 Å². The molecule has 1 aliphatic heterocycles. The molecule has 7 nitrogen and oxygen atoms in total. The summed E-state index contributed by atoms with van der Waals surface area (Å²) in [5, 5.41) is 2.91. The van der Waals surface area contributed by atoms with E-state index in [1.807, 2.05) is 43.3 Å². The number of sulfonamides is 1. The van der Waals surface area contributed by atoms with Gasteiger partial charge in [0.2, 0.25) is 15.9 Å². The Hall–Kier alpha value is -2.58. The Balaban J connectivity index is 1.50. The lowest BCUT2D eigenvalue weighted by molar-refractivity contribution is -0.116. The van der Waals surface area contributed by atoms with Crippen molar-refractivity contribution in [3.05, 3.63) is 54.1 Å². The van der Waals surface area contributed by atoms with Crippen molar-refractivity contribution in [2.45, 2.75) is 19.8 Å². The van der Waals surface area contributed by atoms with Crippen molar-refractivity contribution >= 4 is 33.0 Å². The van der Waals surface area contributed by atoms with Crippen LogP contribution < -0.4 is 14.5 Å². The van der Waals surface area contributed by atoms with Crippen LogP contribution in [0.4, 0.5) is 17.1 Å². The van der Waals surface area contributed by atoms with Crippen molar-refractivity contribution in [1.29, 1.82) is 0 Å². The van der Waals surface area contributed by atoms with Gasteiger partial charge in [0, 0.05) is 50.5 Å².